The van der Waals surface area contributed by atoms with Crippen molar-refractivity contribution in [2.75, 3.05) is 20.1 Å². The van der Waals surface area contributed by atoms with E-state index in [2.05, 4.69) is 29.5 Å². The first-order valence-electron chi connectivity index (χ1n) is 6.30. The zero-order chi connectivity index (χ0) is 14.5. The first kappa shape index (κ1) is 15.8. The van der Waals surface area contributed by atoms with Crippen LogP contribution in [0.15, 0.2) is 23.2 Å². The van der Waals surface area contributed by atoms with Crippen LogP contribution < -0.4 is 10.6 Å². The van der Waals surface area contributed by atoms with Crippen molar-refractivity contribution < 1.29 is 4.39 Å². The molecule has 0 spiro atoms. The average molecular weight is 286 g/mol. The summed E-state index contributed by atoms with van der Waals surface area (Å²) in [6.07, 6.45) is 0. The van der Waals surface area contributed by atoms with Crippen LogP contribution in [-0.4, -0.2) is 26.1 Å². The van der Waals surface area contributed by atoms with Gasteiger partial charge >= 0.3 is 0 Å². The summed E-state index contributed by atoms with van der Waals surface area (Å²) in [7, 11) is 1.73. The second-order valence-corrected chi connectivity index (χ2v) is 5.37. The predicted molar refractivity (Wildman–Crippen MR) is 79.5 cm³/mol. The third kappa shape index (κ3) is 4.39. The standard InChI is InChI=1S/C14H21ClFN3/c1-5-18-13(17-4)19-9-14(2,3)11-7-6-10(16)8-12(11)15/h6-8H,5,9H2,1-4H3,(H2,17,18,19). The molecule has 5 heteroatoms. The van der Waals surface area contributed by atoms with Crippen LogP contribution in [0, 0.1) is 5.82 Å². The highest BCUT2D eigenvalue weighted by molar-refractivity contribution is 6.31. The maximum Gasteiger partial charge on any atom is 0.190 e. The first-order valence-corrected chi connectivity index (χ1v) is 6.68. The summed E-state index contributed by atoms with van der Waals surface area (Å²) in [6.45, 7) is 7.57. The second-order valence-electron chi connectivity index (χ2n) is 4.96. The van der Waals surface area contributed by atoms with E-state index < -0.39 is 0 Å². The van der Waals surface area contributed by atoms with Gasteiger partial charge in [-0.2, -0.15) is 0 Å². The van der Waals surface area contributed by atoms with E-state index in [1.165, 1.54) is 12.1 Å². The molecule has 0 atom stereocenters. The van der Waals surface area contributed by atoms with Gasteiger partial charge in [0.25, 0.3) is 0 Å². The fourth-order valence-corrected chi connectivity index (χ4v) is 2.25. The van der Waals surface area contributed by atoms with E-state index in [0.717, 1.165) is 18.1 Å². The molecule has 3 nitrogen and oxygen atoms in total. The normalized spacial score (nSPS) is 12.4. The lowest BCUT2D eigenvalue weighted by molar-refractivity contribution is 0.507. The van der Waals surface area contributed by atoms with Crippen LogP contribution in [0.5, 0.6) is 0 Å². The summed E-state index contributed by atoms with van der Waals surface area (Å²) in [5, 5.41) is 6.81. The van der Waals surface area contributed by atoms with Gasteiger partial charge in [-0.25, -0.2) is 4.39 Å². The van der Waals surface area contributed by atoms with Crippen LogP contribution in [0.3, 0.4) is 0 Å². The van der Waals surface area contributed by atoms with Crippen molar-refractivity contribution in [1.29, 1.82) is 0 Å². The van der Waals surface area contributed by atoms with E-state index in [-0.39, 0.29) is 11.2 Å². The maximum atomic E-state index is 13.1. The minimum absolute atomic E-state index is 0.226. The summed E-state index contributed by atoms with van der Waals surface area (Å²) < 4.78 is 13.1. The molecule has 19 heavy (non-hydrogen) atoms. The molecule has 0 aliphatic heterocycles. The number of guanidine groups is 1. The van der Waals surface area contributed by atoms with E-state index in [1.54, 1.807) is 13.1 Å². The lowest BCUT2D eigenvalue weighted by Gasteiger charge is -2.27. The maximum absolute atomic E-state index is 13.1. The lowest BCUT2D eigenvalue weighted by Crippen LogP contribution is -2.43. The molecule has 0 radical (unpaired) electrons. The molecule has 1 rings (SSSR count). The third-order valence-corrected chi connectivity index (χ3v) is 3.24. The molecular formula is C14H21ClFN3. The highest BCUT2D eigenvalue weighted by Gasteiger charge is 2.23. The van der Waals surface area contributed by atoms with Crippen molar-refractivity contribution in [3.63, 3.8) is 0 Å². The van der Waals surface area contributed by atoms with Gasteiger partial charge in [0.05, 0.1) is 0 Å². The molecule has 0 aliphatic carbocycles. The molecule has 2 N–H and O–H groups in total. The van der Waals surface area contributed by atoms with Crippen molar-refractivity contribution >= 4 is 17.6 Å². The van der Waals surface area contributed by atoms with Crippen molar-refractivity contribution in [1.82, 2.24) is 10.6 Å². The molecule has 0 heterocycles. The smallest absolute Gasteiger partial charge is 0.190 e. The Kier molecular flexibility index (Phi) is 5.60. The number of hydrogen-bond donors (Lipinski definition) is 2. The van der Waals surface area contributed by atoms with Crippen molar-refractivity contribution in [2.24, 2.45) is 4.99 Å². The lowest BCUT2D eigenvalue weighted by atomic mass is 9.84. The second kappa shape index (κ2) is 6.75. The largest absolute Gasteiger partial charge is 0.357 e. The van der Waals surface area contributed by atoms with Gasteiger partial charge in [-0.15, -0.1) is 0 Å². The van der Waals surface area contributed by atoms with Gasteiger partial charge in [0.2, 0.25) is 0 Å². The van der Waals surface area contributed by atoms with E-state index >= 15 is 0 Å². The fraction of sp³-hybridized carbons (Fsp3) is 0.500. The first-order chi connectivity index (χ1) is 8.90. The zero-order valence-corrected chi connectivity index (χ0v) is 12.6. The summed E-state index contributed by atoms with van der Waals surface area (Å²) in [6, 6.07) is 4.51. The zero-order valence-electron chi connectivity index (χ0n) is 11.8. The third-order valence-electron chi connectivity index (χ3n) is 2.93. The molecule has 1 aromatic carbocycles. The summed E-state index contributed by atoms with van der Waals surface area (Å²) in [5.74, 6) is 0.426. The Bertz CT molecular complexity index is 458. The van der Waals surface area contributed by atoms with Gasteiger partial charge in [-0.05, 0) is 24.6 Å². The fourth-order valence-electron chi connectivity index (χ4n) is 1.83. The topological polar surface area (TPSA) is 36.4 Å². The Morgan fingerprint density at radius 1 is 1.37 bits per heavy atom. The van der Waals surface area contributed by atoms with Crippen molar-refractivity contribution in [3.05, 3.63) is 34.6 Å². The highest BCUT2D eigenvalue weighted by atomic mass is 35.5. The molecule has 0 saturated carbocycles. The monoisotopic (exact) mass is 285 g/mol. The van der Waals surface area contributed by atoms with Crippen LogP contribution in [0.25, 0.3) is 0 Å². The van der Waals surface area contributed by atoms with Gasteiger partial charge in [-0.3, -0.25) is 4.99 Å². The number of rotatable bonds is 4. The number of hydrogen-bond acceptors (Lipinski definition) is 1. The molecule has 106 valence electrons. The van der Waals surface area contributed by atoms with E-state index in [4.69, 9.17) is 11.6 Å². The molecule has 0 saturated heterocycles. The summed E-state index contributed by atoms with van der Waals surface area (Å²) in [5.41, 5.74) is 0.686. The van der Waals surface area contributed by atoms with E-state index in [9.17, 15) is 4.39 Å². The average Bonchev–Trinajstić information content (AvgIpc) is 2.34. The minimum Gasteiger partial charge on any atom is -0.357 e. The van der Waals surface area contributed by atoms with Gasteiger partial charge in [-0.1, -0.05) is 31.5 Å². The highest BCUT2D eigenvalue weighted by Crippen LogP contribution is 2.29. The number of aliphatic imine (C=N–C) groups is 1. The van der Waals surface area contributed by atoms with Crippen LogP contribution in [0.1, 0.15) is 26.3 Å². The van der Waals surface area contributed by atoms with Gasteiger partial charge in [0.15, 0.2) is 5.96 Å². The van der Waals surface area contributed by atoms with E-state index in [1.807, 2.05) is 6.92 Å². The molecular weight excluding hydrogens is 265 g/mol. The Balaban J connectivity index is 2.80. The van der Waals surface area contributed by atoms with Gasteiger partial charge < -0.3 is 10.6 Å². The Morgan fingerprint density at radius 3 is 2.58 bits per heavy atom. The molecule has 0 unspecified atom stereocenters. The van der Waals surface area contributed by atoms with Gasteiger partial charge in [0, 0.05) is 30.6 Å². The Hall–Kier alpha value is -1.29. The molecule has 0 fully saturated rings. The predicted octanol–water partition coefficient (Wildman–Crippen LogP) is 2.94. The number of halogens is 2. The molecule has 0 aromatic heterocycles. The van der Waals surface area contributed by atoms with Crippen molar-refractivity contribution in [3.8, 4) is 0 Å². The Labute approximate surface area is 119 Å². The number of nitrogens with one attached hydrogen (secondary N) is 2. The van der Waals surface area contributed by atoms with Crippen LogP contribution in [0.4, 0.5) is 4.39 Å². The minimum atomic E-state index is -0.319. The van der Waals surface area contributed by atoms with Crippen LogP contribution >= 0.6 is 11.6 Å². The van der Waals surface area contributed by atoms with E-state index in [0.29, 0.717) is 11.6 Å². The molecule has 0 aliphatic rings. The summed E-state index contributed by atoms with van der Waals surface area (Å²) >= 11 is 6.11. The van der Waals surface area contributed by atoms with Crippen molar-refractivity contribution in [2.45, 2.75) is 26.2 Å². The molecule has 0 amide bonds. The van der Waals surface area contributed by atoms with Gasteiger partial charge in [0.1, 0.15) is 5.82 Å². The molecule has 1 aromatic rings. The Morgan fingerprint density at radius 2 is 2.05 bits per heavy atom. The number of benzene rings is 1. The number of nitrogens with zero attached hydrogens (tertiary/aromatic N) is 1. The quantitative estimate of drug-likeness (QED) is 0.659. The van der Waals surface area contributed by atoms with Crippen LogP contribution in [-0.2, 0) is 5.41 Å². The SMILES string of the molecule is CCNC(=NC)NCC(C)(C)c1ccc(F)cc1Cl. The van der Waals surface area contributed by atoms with Crippen LogP contribution in [0.2, 0.25) is 5.02 Å². The summed E-state index contributed by atoms with van der Waals surface area (Å²) in [4.78, 5) is 4.11. The molecule has 0 bridgehead atoms.